The summed E-state index contributed by atoms with van der Waals surface area (Å²) in [6.07, 6.45) is 2.48. The fraction of sp³-hybridized carbons (Fsp3) is 0.375. The van der Waals surface area contributed by atoms with Crippen LogP contribution in [0.1, 0.15) is 18.4 Å². The lowest BCUT2D eigenvalue weighted by Gasteiger charge is -2.39. The van der Waals surface area contributed by atoms with Crippen LogP contribution in [0.3, 0.4) is 0 Å². The molecule has 1 N–H and O–H groups in total. The van der Waals surface area contributed by atoms with Gasteiger partial charge in [0.15, 0.2) is 0 Å². The zero-order valence-electron chi connectivity index (χ0n) is 11.0. The molecule has 1 fully saturated rings. The lowest BCUT2D eigenvalue weighted by Crippen LogP contribution is -2.45. The number of aliphatic hydroxyl groups is 1. The quantitative estimate of drug-likeness (QED) is 0.927. The number of nitrogens with zero attached hydrogens (tertiary/aromatic N) is 1. The zero-order valence-corrected chi connectivity index (χ0v) is 11.8. The molecule has 0 amide bonds. The Balaban J connectivity index is 1.62. The first-order valence-corrected chi connectivity index (χ1v) is 7.73. The van der Waals surface area contributed by atoms with Crippen molar-refractivity contribution in [2.75, 3.05) is 18.0 Å². The molecule has 0 saturated carbocycles. The minimum atomic E-state index is -0.521. The molecule has 1 aromatic heterocycles. The Morgan fingerprint density at radius 3 is 2.47 bits per heavy atom. The summed E-state index contributed by atoms with van der Waals surface area (Å²) < 4.78 is 0. The number of piperidine rings is 1. The van der Waals surface area contributed by atoms with Crippen molar-refractivity contribution in [2.45, 2.75) is 24.9 Å². The first kappa shape index (κ1) is 12.7. The smallest absolute Gasteiger partial charge is 0.0721 e. The van der Waals surface area contributed by atoms with E-state index >= 15 is 0 Å². The Morgan fingerprint density at radius 1 is 1.11 bits per heavy atom. The summed E-state index contributed by atoms with van der Waals surface area (Å²) in [6, 6.07) is 12.6. The summed E-state index contributed by atoms with van der Waals surface area (Å²) in [4.78, 5) is 2.36. The van der Waals surface area contributed by atoms with Crippen LogP contribution in [0.15, 0.2) is 47.2 Å². The Labute approximate surface area is 118 Å². The van der Waals surface area contributed by atoms with Crippen LogP contribution in [-0.4, -0.2) is 23.8 Å². The molecule has 1 aliphatic rings. The van der Waals surface area contributed by atoms with Crippen LogP contribution in [0.25, 0.3) is 0 Å². The van der Waals surface area contributed by atoms with E-state index in [2.05, 4.69) is 46.0 Å². The molecule has 0 aliphatic carbocycles. The van der Waals surface area contributed by atoms with Crippen molar-refractivity contribution >= 4 is 17.0 Å². The topological polar surface area (TPSA) is 23.5 Å². The number of hydrogen-bond donors (Lipinski definition) is 1. The molecule has 3 heteroatoms. The van der Waals surface area contributed by atoms with Crippen molar-refractivity contribution in [1.82, 2.24) is 0 Å². The van der Waals surface area contributed by atoms with E-state index in [0.29, 0.717) is 0 Å². The van der Waals surface area contributed by atoms with Gasteiger partial charge in [-0.2, -0.15) is 11.3 Å². The third-order valence-electron chi connectivity index (χ3n) is 3.93. The van der Waals surface area contributed by atoms with Crippen molar-refractivity contribution in [2.24, 2.45) is 0 Å². The monoisotopic (exact) mass is 273 g/mol. The van der Waals surface area contributed by atoms with Gasteiger partial charge in [0, 0.05) is 25.2 Å². The van der Waals surface area contributed by atoms with Gasteiger partial charge in [-0.15, -0.1) is 0 Å². The Bertz CT molecular complexity index is 501. The molecule has 3 rings (SSSR count). The second kappa shape index (κ2) is 5.35. The number of hydrogen-bond acceptors (Lipinski definition) is 3. The largest absolute Gasteiger partial charge is 0.389 e. The molecule has 100 valence electrons. The lowest BCUT2D eigenvalue weighted by atomic mass is 9.86. The van der Waals surface area contributed by atoms with E-state index in [1.54, 1.807) is 11.3 Å². The molecule has 0 unspecified atom stereocenters. The maximum absolute atomic E-state index is 10.7. The predicted molar refractivity (Wildman–Crippen MR) is 80.9 cm³/mol. The van der Waals surface area contributed by atoms with Gasteiger partial charge in [0.05, 0.1) is 5.60 Å². The van der Waals surface area contributed by atoms with E-state index in [1.165, 1.54) is 11.3 Å². The zero-order chi connectivity index (χ0) is 13.1. The molecule has 0 atom stereocenters. The van der Waals surface area contributed by atoms with Gasteiger partial charge in [-0.05, 0) is 47.4 Å². The van der Waals surface area contributed by atoms with Crippen molar-refractivity contribution in [3.8, 4) is 0 Å². The molecule has 0 spiro atoms. The van der Waals surface area contributed by atoms with Crippen LogP contribution in [-0.2, 0) is 6.42 Å². The minimum absolute atomic E-state index is 0.521. The van der Waals surface area contributed by atoms with Crippen LogP contribution >= 0.6 is 11.3 Å². The highest BCUT2D eigenvalue weighted by Crippen LogP contribution is 2.29. The molecule has 2 aromatic rings. The summed E-state index contributed by atoms with van der Waals surface area (Å²) >= 11 is 1.70. The highest BCUT2D eigenvalue weighted by Gasteiger charge is 2.32. The van der Waals surface area contributed by atoms with E-state index in [0.717, 1.165) is 32.4 Å². The Morgan fingerprint density at radius 2 is 1.84 bits per heavy atom. The third-order valence-corrected chi connectivity index (χ3v) is 4.66. The number of thiophene rings is 1. The fourth-order valence-electron chi connectivity index (χ4n) is 2.77. The van der Waals surface area contributed by atoms with Crippen molar-refractivity contribution in [1.29, 1.82) is 0 Å². The fourth-order valence-corrected chi connectivity index (χ4v) is 3.44. The van der Waals surface area contributed by atoms with Gasteiger partial charge in [-0.3, -0.25) is 0 Å². The molecule has 1 aromatic carbocycles. The SMILES string of the molecule is OC1(Cc2ccsc2)CCN(c2ccccc2)CC1. The number of benzene rings is 1. The van der Waals surface area contributed by atoms with Crippen LogP contribution in [0.4, 0.5) is 5.69 Å². The summed E-state index contributed by atoms with van der Waals surface area (Å²) in [5.74, 6) is 0. The van der Waals surface area contributed by atoms with E-state index in [1.807, 2.05) is 6.07 Å². The molecule has 1 saturated heterocycles. The molecule has 0 bridgehead atoms. The summed E-state index contributed by atoms with van der Waals surface area (Å²) in [7, 11) is 0. The van der Waals surface area contributed by atoms with Crippen LogP contribution < -0.4 is 4.90 Å². The highest BCUT2D eigenvalue weighted by molar-refractivity contribution is 7.07. The number of rotatable bonds is 3. The number of anilines is 1. The minimum Gasteiger partial charge on any atom is -0.389 e. The van der Waals surface area contributed by atoms with Gasteiger partial charge in [-0.1, -0.05) is 18.2 Å². The van der Waals surface area contributed by atoms with Gasteiger partial charge >= 0.3 is 0 Å². The van der Waals surface area contributed by atoms with E-state index in [9.17, 15) is 5.11 Å². The normalized spacial score (nSPS) is 18.5. The molecule has 2 nitrogen and oxygen atoms in total. The third kappa shape index (κ3) is 2.99. The van der Waals surface area contributed by atoms with Gasteiger partial charge in [0.1, 0.15) is 0 Å². The van der Waals surface area contributed by atoms with Gasteiger partial charge in [-0.25, -0.2) is 0 Å². The molecule has 2 heterocycles. The second-order valence-electron chi connectivity index (χ2n) is 5.36. The van der Waals surface area contributed by atoms with Gasteiger partial charge < -0.3 is 10.0 Å². The lowest BCUT2D eigenvalue weighted by molar-refractivity contribution is 0.0166. The average Bonchev–Trinajstić information content (AvgIpc) is 2.93. The number of para-hydroxylation sites is 1. The Kier molecular flexibility index (Phi) is 3.58. The van der Waals surface area contributed by atoms with Crippen LogP contribution in [0, 0.1) is 0 Å². The maximum atomic E-state index is 10.7. The summed E-state index contributed by atoms with van der Waals surface area (Å²) in [5, 5.41) is 14.9. The standard InChI is InChI=1S/C16H19NOS/c18-16(12-14-6-11-19-13-14)7-9-17(10-8-16)15-4-2-1-3-5-15/h1-6,11,13,18H,7-10,12H2. The van der Waals surface area contributed by atoms with E-state index < -0.39 is 5.60 Å². The first-order chi connectivity index (χ1) is 9.25. The highest BCUT2D eigenvalue weighted by atomic mass is 32.1. The van der Waals surface area contributed by atoms with Crippen LogP contribution in [0.5, 0.6) is 0 Å². The molecule has 1 aliphatic heterocycles. The van der Waals surface area contributed by atoms with Crippen molar-refractivity contribution < 1.29 is 5.11 Å². The van der Waals surface area contributed by atoms with E-state index in [4.69, 9.17) is 0 Å². The summed E-state index contributed by atoms with van der Waals surface area (Å²) in [5.41, 5.74) is 2.01. The first-order valence-electron chi connectivity index (χ1n) is 6.79. The maximum Gasteiger partial charge on any atom is 0.0721 e. The van der Waals surface area contributed by atoms with Gasteiger partial charge in [0.25, 0.3) is 0 Å². The summed E-state index contributed by atoms with van der Waals surface area (Å²) in [6.45, 7) is 1.87. The Hall–Kier alpha value is -1.32. The van der Waals surface area contributed by atoms with Crippen LogP contribution in [0.2, 0.25) is 0 Å². The molecule has 0 radical (unpaired) electrons. The van der Waals surface area contributed by atoms with Crippen molar-refractivity contribution in [3.63, 3.8) is 0 Å². The second-order valence-corrected chi connectivity index (χ2v) is 6.14. The molecular formula is C16H19NOS. The predicted octanol–water partition coefficient (Wildman–Crippen LogP) is 3.32. The average molecular weight is 273 g/mol. The van der Waals surface area contributed by atoms with E-state index in [-0.39, 0.29) is 0 Å². The van der Waals surface area contributed by atoms with Crippen molar-refractivity contribution in [3.05, 3.63) is 52.7 Å². The van der Waals surface area contributed by atoms with Gasteiger partial charge in [0.2, 0.25) is 0 Å². The molecular weight excluding hydrogens is 254 g/mol. The molecule has 19 heavy (non-hydrogen) atoms.